The van der Waals surface area contributed by atoms with Crippen LogP contribution in [0.4, 0.5) is 0 Å². The number of fused-ring (bicyclic) bond motifs is 1. The normalized spacial score (nSPS) is 12.7. The van der Waals surface area contributed by atoms with Gasteiger partial charge in [-0.15, -0.1) is 11.3 Å². The molecule has 0 aliphatic rings. The summed E-state index contributed by atoms with van der Waals surface area (Å²) in [7, 11) is 1.97. The lowest BCUT2D eigenvalue weighted by Crippen LogP contribution is -2.32. The fraction of sp³-hybridized carbons (Fsp3) is 0.278. The number of thiazole rings is 1. The minimum atomic E-state index is -0.543. The van der Waals surface area contributed by atoms with Crippen LogP contribution in [0.25, 0.3) is 10.8 Å². The van der Waals surface area contributed by atoms with E-state index in [2.05, 4.69) is 22.0 Å². The highest BCUT2D eigenvalue weighted by Crippen LogP contribution is 2.25. The van der Waals surface area contributed by atoms with Gasteiger partial charge in [-0.25, -0.2) is 4.98 Å². The highest BCUT2D eigenvalue weighted by molar-refractivity contribution is 7.09. The molecule has 0 amide bonds. The maximum atomic E-state index is 10.2. The molecule has 0 bridgehead atoms. The Bertz CT molecular complexity index is 740. The van der Waals surface area contributed by atoms with E-state index in [9.17, 15) is 5.11 Å². The van der Waals surface area contributed by atoms with E-state index in [0.29, 0.717) is 6.54 Å². The molecular formula is C18H20N2O2S. The minimum Gasteiger partial charge on any atom is -0.490 e. The Balaban J connectivity index is 1.54. The first kappa shape index (κ1) is 15.9. The highest BCUT2D eigenvalue weighted by atomic mass is 32.1. The van der Waals surface area contributed by atoms with Crippen molar-refractivity contribution >= 4 is 22.1 Å². The molecule has 0 aliphatic carbocycles. The molecule has 0 aliphatic heterocycles. The van der Waals surface area contributed by atoms with Crippen LogP contribution in [-0.4, -0.2) is 41.3 Å². The second-order valence-corrected chi connectivity index (χ2v) is 6.54. The Kier molecular flexibility index (Phi) is 5.23. The first-order chi connectivity index (χ1) is 11.2. The average Bonchev–Trinajstić information content (AvgIpc) is 3.05. The fourth-order valence-corrected chi connectivity index (χ4v) is 3.24. The number of benzene rings is 2. The molecule has 3 aromatic rings. The van der Waals surface area contributed by atoms with E-state index >= 15 is 0 Å². The number of ether oxygens (including phenoxy) is 1. The van der Waals surface area contributed by atoms with Gasteiger partial charge in [0.2, 0.25) is 0 Å². The number of rotatable bonds is 7. The highest BCUT2D eigenvalue weighted by Gasteiger charge is 2.11. The Morgan fingerprint density at radius 1 is 1.22 bits per heavy atom. The summed E-state index contributed by atoms with van der Waals surface area (Å²) in [6, 6.07) is 14.1. The maximum absolute atomic E-state index is 10.2. The van der Waals surface area contributed by atoms with Gasteiger partial charge in [0, 0.05) is 23.5 Å². The molecule has 0 radical (unpaired) electrons. The van der Waals surface area contributed by atoms with Gasteiger partial charge in [0.05, 0.1) is 6.54 Å². The number of likely N-dealkylation sites (N-methyl/N-ethyl adjacent to an activating group) is 1. The summed E-state index contributed by atoms with van der Waals surface area (Å²) < 4.78 is 5.83. The largest absolute Gasteiger partial charge is 0.490 e. The van der Waals surface area contributed by atoms with Crippen LogP contribution in [0, 0.1) is 0 Å². The van der Waals surface area contributed by atoms with Crippen LogP contribution in [0.3, 0.4) is 0 Å². The molecule has 3 rings (SSSR count). The van der Waals surface area contributed by atoms with E-state index < -0.39 is 6.10 Å². The molecule has 0 saturated carbocycles. The van der Waals surface area contributed by atoms with Crippen LogP contribution in [0.5, 0.6) is 5.75 Å². The summed E-state index contributed by atoms with van der Waals surface area (Å²) in [5.41, 5.74) is 0. The second-order valence-electron chi connectivity index (χ2n) is 5.56. The van der Waals surface area contributed by atoms with E-state index in [1.807, 2.05) is 42.8 Å². The number of hydrogen-bond donors (Lipinski definition) is 1. The van der Waals surface area contributed by atoms with E-state index in [-0.39, 0.29) is 6.61 Å². The van der Waals surface area contributed by atoms with Gasteiger partial charge in [-0.05, 0) is 18.5 Å². The van der Waals surface area contributed by atoms with Crippen LogP contribution >= 0.6 is 11.3 Å². The van der Waals surface area contributed by atoms with Gasteiger partial charge in [-0.3, -0.25) is 4.90 Å². The van der Waals surface area contributed by atoms with Gasteiger partial charge in [-0.2, -0.15) is 0 Å². The second kappa shape index (κ2) is 7.55. The molecule has 4 nitrogen and oxygen atoms in total. The molecule has 120 valence electrons. The lowest BCUT2D eigenvalue weighted by molar-refractivity contribution is 0.0749. The van der Waals surface area contributed by atoms with Crippen molar-refractivity contribution in [3.63, 3.8) is 0 Å². The van der Waals surface area contributed by atoms with Gasteiger partial charge in [-0.1, -0.05) is 36.4 Å². The monoisotopic (exact) mass is 328 g/mol. The molecular weight excluding hydrogens is 308 g/mol. The zero-order chi connectivity index (χ0) is 16.1. The SMILES string of the molecule is CN(Cc1nccs1)CC(O)COc1cccc2ccccc12. The Morgan fingerprint density at radius 3 is 2.87 bits per heavy atom. The van der Waals surface area contributed by atoms with Crippen molar-refractivity contribution in [3.8, 4) is 5.75 Å². The zero-order valence-electron chi connectivity index (χ0n) is 13.1. The predicted octanol–water partition coefficient (Wildman–Crippen LogP) is 3.17. The predicted molar refractivity (Wildman–Crippen MR) is 93.9 cm³/mol. The van der Waals surface area contributed by atoms with Crippen molar-refractivity contribution in [2.75, 3.05) is 20.2 Å². The molecule has 0 saturated heterocycles. The van der Waals surface area contributed by atoms with Gasteiger partial charge >= 0.3 is 0 Å². The summed E-state index contributed by atoms with van der Waals surface area (Å²) in [6.45, 7) is 1.56. The van der Waals surface area contributed by atoms with Crippen LogP contribution in [0.15, 0.2) is 54.0 Å². The zero-order valence-corrected chi connectivity index (χ0v) is 13.9. The number of aliphatic hydroxyl groups excluding tert-OH is 1. The molecule has 0 fully saturated rings. The van der Waals surface area contributed by atoms with Crippen molar-refractivity contribution in [3.05, 3.63) is 59.0 Å². The van der Waals surface area contributed by atoms with Crippen molar-refractivity contribution in [1.29, 1.82) is 0 Å². The van der Waals surface area contributed by atoms with Crippen LogP contribution in [0.1, 0.15) is 5.01 Å². The molecule has 1 heterocycles. The number of hydrogen-bond acceptors (Lipinski definition) is 5. The van der Waals surface area contributed by atoms with Crippen molar-refractivity contribution in [2.45, 2.75) is 12.6 Å². The lowest BCUT2D eigenvalue weighted by atomic mass is 10.1. The van der Waals surface area contributed by atoms with E-state index in [0.717, 1.165) is 28.1 Å². The molecule has 1 N–H and O–H groups in total. The number of aromatic nitrogens is 1. The summed E-state index contributed by atoms with van der Waals surface area (Å²) >= 11 is 1.62. The Labute approximate surface area is 140 Å². The minimum absolute atomic E-state index is 0.274. The third kappa shape index (κ3) is 4.28. The number of nitrogens with zero attached hydrogens (tertiary/aromatic N) is 2. The molecule has 23 heavy (non-hydrogen) atoms. The third-order valence-electron chi connectivity index (χ3n) is 3.59. The van der Waals surface area contributed by atoms with Crippen molar-refractivity contribution in [1.82, 2.24) is 9.88 Å². The molecule has 1 atom stereocenters. The first-order valence-electron chi connectivity index (χ1n) is 7.58. The lowest BCUT2D eigenvalue weighted by Gasteiger charge is -2.20. The maximum Gasteiger partial charge on any atom is 0.127 e. The van der Waals surface area contributed by atoms with Crippen molar-refractivity contribution in [2.24, 2.45) is 0 Å². The standard InChI is InChI=1S/C18H20N2O2S/c1-20(12-18-19-9-10-23-18)11-15(21)13-22-17-8-4-6-14-5-2-3-7-16(14)17/h2-10,15,21H,11-13H2,1H3. The summed E-state index contributed by atoms with van der Waals surface area (Å²) in [5.74, 6) is 0.810. The molecule has 0 spiro atoms. The quantitative estimate of drug-likeness (QED) is 0.723. The smallest absolute Gasteiger partial charge is 0.127 e. The van der Waals surface area contributed by atoms with Gasteiger partial charge < -0.3 is 9.84 Å². The Morgan fingerprint density at radius 2 is 2.04 bits per heavy atom. The van der Waals surface area contributed by atoms with Crippen molar-refractivity contribution < 1.29 is 9.84 Å². The molecule has 5 heteroatoms. The average molecular weight is 328 g/mol. The number of aliphatic hydroxyl groups is 1. The van der Waals surface area contributed by atoms with Crippen LogP contribution in [0.2, 0.25) is 0 Å². The summed E-state index contributed by atoms with van der Waals surface area (Å²) in [5, 5.41) is 15.4. The van der Waals surface area contributed by atoms with E-state index in [1.54, 1.807) is 17.5 Å². The molecule has 1 unspecified atom stereocenters. The Hall–Kier alpha value is -1.95. The first-order valence-corrected chi connectivity index (χ1v) is 8.46. The van der Waals surface area contributed by atoms with Gasteiger partial charge in [0.1, 0.15) is 23.5 Å². The topological polar surface area (TPSA) is 45.6 Å². The molecule has 2 aromatic carbocycles. The van der Waals surface area contributed by atoms with Crippen LogP contribution < -0.4 is 4.74 Å². The van der Waals surface area contributed by atoms with E-state index in [1.165, 1.54) is 0 Å². The summed E-state index contributed by atoms with van der Waals surface area (Å²) in [4.78, 5) is 6.31. The van der Waals surface area contributed by atoms with Gasteiger partial charge in [0.15, 0.2) is 0 Å². The summed E-state index contributed by atoms with van der Waals surface area (Å²) in [6.07, 6.45) is 1.26. The fourth-order valence-electron chi connectivity index (χ4n) is 2.55. The molecule has 1 aromatic heterocycles. The van der Waals surface area contributed by atoms with E-state index in [4.69, 9.17) is 4.74 Å². The van der Waals surface area contributed by atoms with Crippen LogP contribution in [-0.2, 0) is 6.54 Å². The van der Waals surface area contributed by atoms with Gasteiger partial charge in [0.25, 0.3) is 0 Å². The third-order valence-corrected chi connectivity index (χ3v) is 4.36.